The molecular weight excluding hydrogens is 326 g/mol. The third kappa shape index (κ3) is 3.52. The maximum Gasteiger partial charge on any atom is 0.257 e. The van der Waals surface area contributed by atoms with E-state index in [0.717, 1.165) is 24.5 Å². The number of anilines is 2. The Balaban J connectivity index is 1.89. The van der Waals surface area contributed by atoms with Gasteiger partial charge in [0.1, 0.15) is 0 Å². The van der Waals surface area contributed by atoms with Gasteiger partial charge >= 0.3 is 0 Å². The lowest BCUT2D eigenvalue weighted by molar-refractivity contribution is 0.102. The van der Waals surface area contributed by atoms with Gasteiger partial charge in [0, 0.05) is 18.8 Å². The Hall–Kier alpha value is -2.11. The summed E-state index contributed by atoms with van der Waals surface area (Å²) in [5.41, 5.74) is 3.71. The molecule has 1 aliphatic heterocycles. The Bertz CT molecular complexity index is 758. The van der Waals surface area contributed by atoms with Gasteiger partial charge in [-0.05, 0) is 38.1 Å². The predicted octanol–water partition coefficient (Wildman–Crippen LogP) is 3.44. The van der Waals surface area contributed by atoms with Crippen LogP contribution >= 0.6 is 11.6 Å². The average molecular weight is 346 g/mol. The highest BCUT2D eigenvalue weighted by atomic mass is 35.5. The number of aromatic nitrogens is 1. The third-order valence-corrected chi connectivity index (χ3v) is 4.34. The summed E-state index contributed by atoms with van der Waals surface area (Å²) in [6.07, 6.45) is 0. The maximum atomic E-state index is 12.7. The molecular formula is C18H20ClN3O2. The van der Waals surface area contributed by atoms with Crippen LogP contribution in [0.5, 0.6) is 0 Å². The first-order chi connectivity index (χ1) is 11.6. The van der Waals surface area contributed by atoms with Crippen LogP contribution in [0.2, 0.25) is 5.02 Å². The van der Waals surface area contributed by atoms with E-state index in [1.165, 1.54) is 0 Å². The van der Waals surface area contributed by atoms with Gasteiger partial charge in [0.25, 0.3) is 5.91 Å². The molecule has 0 unspecified atom stereocenters. The summed E-state index contributed by atoms with van der Waals surface area (Å²) < 4.78 is 5.40. The monoisotopic (exact) mass is 345 g/mol. The number of carbonyl (C=O) groups excluding carboxylic acids is 1. The molecule has 0 atom stereocenters. The van der Waals surface area contributed by atoms with Crippen LogP contribution in [0.15, 0.2) is 30.3 Å². The Morgan fingerprint density at radius 1 is 1.21 bits per heavy atom. The Morgan fingerprint density at radius 3 is 2.67 bits per heavy atom. The number of para-hydroxylation sites is 1. The topological polar surface area (TPSA) is 54.5 Å². The summed E-state index contributed by atoms with van der Waals surface area (Å²) >= 11 is 6.40. The molecule has 0 aliphatic carbocycles. The van der Waals surface area contributed by atoms with Crippen molar-refractivity contribution in [2.45, 2.75) is 13.8 Å². The van der Waals surface area contributed by atoms with Crippen LogP contribution in [0, 0.1) is 13.8 Å². The molecule has 0 spiro atoms. The minimum Gasteiger partial charge on any atom is -0.378 e. The molecule has 126 valence electrons. The van der Waals surface area contributed by atoms with E-state index in [0.29, 0.717) is 35.2 Å². The number of rotatable bonds is 3. The molecule has 5 nitrogen and oxygen atoms in total. The van der Waals surface area contributed by atoms with Crippen molar-refractivity contribution in [1.29, 1.82) is 0 Å². The van der Waals surface area contributed by atoms with Crippen LogP contribution in [-0.2, 0) is 4.74 Å². The number of ether oxygens (including phenoxy) is 1. The minimum atomic E-state index is -0.184. The van der Waals surface area contributed by atoms with Crippen molar-refractivity contribution < 1.29 is 9.53 Å². The quantitative estimate of drug-likeness (QED) is 0.925. The van der Waals surface area contributed by atoms with E-state index in [4.69, 9.17) is 16.3 Å². The zero-order chi connectivity index (χ0) is 17.1. The highest BCUT2D eigenvalue weighted by Crippen LogP contribution is 2.34. The van der Waals surface area contributed by atoms with Gasteiger partial charge in [-0.15, -0.1) is 0 Å². The number of benzene rings is 1. The molecule has 1 N–H and O–H groups in total. The van der Waals surface area contributed by atoms with Gasteiger partial charge in [0.05, 0.1) is 40.9 Å². The molecule has 1 aromatic carbocycles. The van der Waals surface area contributed by atoms with E-state index >= 15 is 0 Å². The number of halogens is 1. The lowest BCUT2D eigenvalue weighted by Crippen LogP contribution is -2.37. The summed E-state index contributed by atoms with van der Waals surface area (Å²) in [5, 5.41) is 3.60. The molecule has 1 aliphatic rings. The van der Waals surface area contributed by atoms with Gasteiger partial charge in [0.2, 0.25) is 0 Å². The first-order valence-electron chi connectivity index (χ1n) is 7.93. The van der Waals surface area contributed by atoms with Crippen LogP contribution in [0.1, 0.15) is 21.7 Å². The van der Waals surface area contributed by atoms with Gasteiger partial charge in [0.15, 0.2) is 0 Å². The van der Waals surface area contributed by atoms with Crippen LogP contribution < -0.4 is 10.2 Å². The standard InChI is InChI=1S/C18H20ClN3O2/c1-12-6-7-14(13(2)20-12)18(23)21-16-5-3-4-15(19)17(16)22-8-10-24-11-9-22/h3-7H,8-11H2,1-2H3,(H,21,23). The number of pyridine rings is 1. The highest BCUT2D eigenvalue weighted by molar-refractivity contribution is 6.34. The van der Waals surface area contributed by atoms with Crippen molar-refractivity contribution >= 4 is 28.9 Å². The smallest absolute Gasteiger partial charge is 0.257 e. The predicted molar refractivity (Wildman–Crippen MR) is 96.1 cm³/mol. The molecule has 1 fully saturated rings. The highest BCUT2D eigenvalue weighted by Gasteiger charge is 2.20. The van der Waals surface area contributed by atoms with Gasteiger partial charge in [-0.1, -0.05) is 17.7 Å². The van der Waals surface area contributed by atoms with Gasteiger partial charge < -0.3 is 15.0 Å². The second-order valence-electron chi connectivity index (χ2n) is 5.78. The van der Waals surface area contributed by atoms with Crippen molar-refractivity contribution in [3.63, 3.8) is 0 Å². The van der Waals surface area contributed by atoms with Crippen LogP contribution in [0.4, 0.5) is 11.4 Å². The number of hydrogen-bond donors (Lipinski definition) is 1. The van der Waals surface area contributed by atoms with Crippen molar-refractivity contribution in [3.05, 3.63) is 52.3 Å². The number of aryl methyl sites for hydroxylation is 2. The van der Waals surface area contributed by atoms with Gasteiger partial charge in [-0.2, -0.15) is 0 Å². The number of carbonyl (C=O) groups is 1. The Labute approximate surface area is 146 Å². The fourth-order valence-corrected chi connectivity index (χ4v) is 3.13. The lowest BCUT2D eigenvalue weighted by Gasteiger charge is -2.31. The van der Waals surface area contributed by atoms with Crippen LogP contribution in [0.25, 0.3) is 0 Å². The van der Waals surface area contributed by atoms with Crippen molar-refractivity contribution in [2.24, 2.45) is 0 Å². The lowest BCUT2D eigenvalue weighted by atomic mass is 10.1. The van der Waals surface area contributed by atoms with E-state index in [-0.39, 0.29) is 5.91 Å². The Morgan fingerprint density at radius 2 is 1.96 bits per heavy atom. The molecule has 6 heteroatoms. The first kappa shape index (κ1) is 16.7. The molecule has 3 rings (SSSR count). The van der Waals surface area contributed by atoms with Crippen molar-refractivity contribution in [1.82, 2.24) is 4.98 Å². The number of hydrogen-bond acceptors (Lipinski definition) is 4. The number of amides is 1. The molecule has 1 amide bonds. The molecule has 24 heavy (non-hydrogen) atoms. The molecule has 0 radical (unpaired) electrons. The second kappa shape index (κ2) is 7.20. The van der Waals surface area contributed by atoms with Crippen LogP contribution in [-0.4, -0.2) is 37.2 Å². The molecule has 2 heterocycles. The molecule has 1 aromatic heterocycles. The fourth-order valence-electron chi connectivity index (χ4n) is 2.84. The summed E-state index contributed by atoms with van der Waals surface area (Å²) in [6, 6.07) is 9.17. The van der Waals surface area contributed by atoms with E-state index in [1.54, 1.807) is 6.07 Å². The number of morpholine rings is 1. The first-order valence-corrected chi connectivity index (χ1v) is 8.31. The van der Waals surface area contributed by atoms with Crippen molar-refractivity contribution in [3.8, 4) is 0 Å². The van der Waals surface area contributed by atoms with Gasteiger partial charge in [-0.3, -0.25) is 9.78 Å². The summed E-state index contributed by atoms with van der Waals surface area (Å²) in [6.45, 7) is 6.54. The fraction of sp³-hybridized carbons (Fsp3) is 0.333. The summed E-state index contributed by atoms with van der Waals surface area (Å²) in [4.78, 5) is 19.1. The van der Waals surface area contributed by atoms with E-state index in [1.807, 2.05) is 38.1 Å². The van der Waals surface area contributed by atoms with Crippen molar-refractivity contribution in [2.75, 3.05) is 36.5 Å². The molecule has 0 bridgehead atoms. The number of nitrogens with zero attached hydrogens (tertiary/aromatic N) is 2. The minimum absolute atomic E-state index is 0.184. The molecule has 0 saturated carbocycles. The molecule has 1 saturated heterocycles. The van der Waals surface area contributed by atoms with E-state index < -0.39 is 0 Å². The van der Waals surface area contributed by atoms with Crippen LogP contribution in [0.3, 0.4) is 0 Å². The Kier molecular flexibility index (Phi) is 5.02. The van der Waals surface area contributed by atoms with E-state index in [9.17, 15) is 4.79 Å². The second-order valence-corrected chi connectivity index (χ2v) is 6.18. The van der Waals surface area contributed by atoms with E-state index in [2.05, 4.69) is 15.2 Å². The maximum absolute atomic E-state index is 12.7. The SMILES string of the molecule is Cc1ccc(C(=O)Nc2cccc(Cl)c2N2CCOCC2)c(C)n1. The zero-order valence-electron chi connectivity index (χ0n) is 13.8. The van der Waals surface area contributed by atoms with Gasteiger partial charge in [-0.25, -0.2) is 0 Å². The zero-order valence-corrected chi connectivity index (χ0v) is 14.6. The number of nitrogens with one attached hydrogen (secondary N) is 1. The summed E-state index contributed by atoms with van der Waals surface area (Å²) in [5.74, 6) is -0.184. The molecule has 2 aromatic rings. The third-order valence-electron chi connectivity index (χ3n) is 4.03. The largest absolute Gasteiger partial charge is 0.378 e. The average Bonchev–Trinajstić information content (AvgIpc) is 2.55. The normalized spacial score (nSPS) is 14.5. The summed E-state index contributed by atoms with van der Waals surface area (Å²) in [7, 11) is 0.